The highest BCUT2D eigenvalue weighted by Crippen LogP contribution is 2.38. The normalized spacial score (nSPS) is 19.2. The molecular weight excluding hydrogens is 332 g/mol. The van der Waals surface area contributed by atoms with Gasteiger partial charge in [0.1, 0.15) is 0 Å². The van der Waals surface area contributed by atoms with Crippen molar-refractivity contribution >= 4 is 11.3 Å². The lowest BCUT2D eigenvalue weighted by atomic mass is 9.99. The lowest BCUT2D eigenvalue weighted by Crippen LogP contribution is -2.39. The second-order valence-electron chi connectivity index (χ2n) is 6.88. The summed E-state index contributed by atoms with van der Waals surface area (Å²) >= 11 is 1.93. The van der Waals surface area contributed by atoms with E-state index in [1.54, 1.807) is 0 Å². The van der Waals surface area contributed by atoms with Crippen molar-refractivity contribution in [1.29, 1.82) is 0 Å². The van der Waals surface area contributed by atoms with Crippen LogP contribution in [0.25, 0.3) is 10.6 Å². The van der Waals surface area contributed by atoms with Crippen molar-refractivity contribution in [2.45, 2.75) is 38.2 Å². The number of nitrogens with one attached hydrogen (secondary N) is 2. The molecule has 0 aromatic carbocycles. The van der Waals surface area contributed by atoms with Gasteiger partial charge in [-0.2, -0.15) is 5.10 Å². The number of morpholine rings is 1. The molecule has 0 amide bonds. The summed E-state index contributed by atoms with van der Waals surface area (Å²) in [7, 11) is 4.04. The van der Waals surface area contributed by atoms with Gasteiger partial charge in [0.25, 0.3) is 0 Å². The smallest absolute Gasteiger partial charge is 0.0781 e. The largest absolute Gasteiger partial charge is 0.376 e. The van der Waals surface area contributed by atoms with Gasteiger partial charge in [0.2, 0.25) is 0 Å². The first kappa shape index (κ1) is 18.6. The van der Waals surface area contributed by atoms with Gasteiger partial charge < -0.3 is 15.4 Å². The van der Waals surface area contributed by atoms with E-state index in [2.05, 4.69) is 34.8 Å². The van der Waals surface area contributed by atoms with Crippen molar-refractivity contribution in [2.24, 2.45) is 7.05 Å². The van der Waals surface area contributed by atoms with Crippen LogP contribution in [0.15, 0.2) is 18.3 Å². The Labute approximate surface area is 154 Å². The zero-order chi connectivity index (χ0) is 17.6. The Bertz CT molecular complexity index is 660. The molecule has 3 rings (SSSR count). The first-order valence-electron chi connectivity index (χ1n) is 9.27. The summed E-state index contributed by atoms with van der Waals surface area (Å²) in [6.07, 6.45) is 5.55. The molecule has 138 valence electrons. The van der Waals surface area contributed by atoms with Gasteiger partial charge in [-0.15, -0.1) is 11.3 Å². The molecule has 5 nitrogen and oxygen atoms in total. The highest BCUT2D eigenvalue weighted by molar-refractivity contribution is 7.15. The second-order valence-corrected chi connectivity index (χ2v) is 7.97. The number of rotatable bonds is 8. The highest BCUT2D eigenvalue weighted by atomic mass is 32.1. The summed E-state index contributed by atoms with van der Waals surface area (Å²) in [5.74, 6) is 0.514. The van der Waals surface area contributed by atoms with Crippen LogP contribution in [0.5, 0.6) is 0 Å². The van der Waals surface area contributed by atoms with E-state index in [9.17, 15) is 0 Å². The average molecular weight is 363 g/mol. The number of nitrogens with zero attached hydrogens (tertiary/aromatic N) is 2. The van der Waals surface area contributed by atoms with Crippen LogP contribution in [0.2, 0.25) is 0 Å². The monoisotopic (exact) mass is 362 g/mol. The van der Waals surface area contributed by atoms with Crippen LogP contribution in [0, 0.1) is 0 Å². The quantitative estimate of drug-likeness (QED) is 0.709. The van der Waals surface area contributed by atoms with Gasteiger partial charge in [-0.05, 0) is 56.5 Å². The molecule has 1 aliphatic heterocycles. The minimum atomic E-state index is 0.332. The van der Waals surface area contributed by atoms with E-state index in [0.717, 1.165) is 45.5 Å². The van der Waals surface area contributed by atoms with Crippen LogP contribution in [0.4, 0.5) is 0 Å². The molecular formula is C19H30N4OS. The summed E-state index contributed by atoms with van der Waals surface area (Å²) in [6.45, 7) is 6.15. The van der Waals surface area contributed by atoms with Crippen LogP contribution >= 0.6 is 11.3 Å². The molecule has 0 radical (unpaired) electrons. The topological polar surface area (TPSA) is 51.1 Å². The molecule has 0 bridgehead atoms. The zero-order valence-corrected chi connectivity index (χ0v) is 16.4. The van der Waals surface area contributed by atoms with Crippen molar-refractivity contribution < 1.29 is 4.74 Å². The van der Waals surface area contributed by atoms with E-state index in [1.807, 2.05) is 36.3 Å². The fourth-order valence-electron chi connectivity index (χ4n) is 3.43. The third kappa shape index (κ3) is 4.70. The van der Waals surface area contributed by atoms with Crippen molar-refractivity contribution in [2.75, 3.05) is 33.3 Å². The van der Waals surface area contributed by atoms with Gasteiger partial charge >= 0.3 is 0 Å². The molecule has 2 atom stereocenters. The molecule has 0 saturated carbocycles. The average Bonchev–Trinajstić information content (AvgIpc) is 3.22. The van der Waals surface area contributed by atoms with Gasteiger partial charge in [-0.3, -0.25) is 4.68 Å². The lowest BCUT2D eigenvalue weighted by molar-refractivity contribution is 0.0203. The molecule has 1 aliphatic rings. The Morgan fingerprint density at radius 1 is 1.52 bits per heavy atom. The molecule has 25 heavy (non-hydrogen) atoms. The summed E-state index contributed by atoms with van der Waals surface area (Å²) in [6, 6.07) is 4.54. The summed E-state index contributed by atoms with van der Waals surface area (Å²) in [4.78, 5) is 2.84. The van der Waals surface area contributed by atoms with Gasteiger partial charge in [-0.25, -0.2) is 0 Å². The van der Waals surface area contributed by atoms with E-state index in [-0.39, 0.29) is 0 Å². The van der Waals surface area contributed by atoms with E-state index in [1.165, 1.54) is 21.0 Å². The van der Waals surface area contributed by atoms with Gasteiger partial charge in [-0.1, -0.05) is 6.92 Å². The van der Waals surface area contributed by atoms with Gasteiger partial charge in [0.05, 0.1) is 23.3 Å². The molecule has 0 aliphatic carbocycles. The predicted octanol–water partition coefficient (Wildman–Crippen LogP) is 2.78. The summed E-state index contributed by atoms with van der Waals surface area (Å²) < 4.78 is 7.88. The van der Waals surface area contributed by atoms with E-state index < -0.39 is 0 Å². The number of aromatic nitrogens is 2. The predicted molar refractivity (Wildman–Crippen MR) is 104 cm³/mol. The van der Waals surface area contributed by atoms with Crippen molar-refractivity contribution in [3.05, 3.63) is 28.8 Å². The zero-order valence-electron chi connectivity index (χ0n) is 15.5. The second kappa shape index (κ2) is 8.94. The standard InChI is InChI=1S/C19H30N4OS/c1-14(11-16-13-21-9-10-24-16)18-12-15(5-4-7-20-2)19(25-18)17-6-8-22-23(17)3/h6,8,12,14,16,20-21H,4-5,7,9-11,13H2,1-3H3/t14?,16-/m0/s1. The third-order valence-electron chi connectivity index (χ3n) is 4.86. The SMILES string of the molecule is CNCCCc1cc(C(C)C[C@H]2CNCCO2)sc1-c1ccnn1C. The molecule has 0 spiro atoms. The molecule has 2 aromatic rings. The summed E-state index contributed by atoms with van der Waals surface area (Å²) in [5, 5.41) is 11.0. The number of hydrogen-bond donors (Lipinski definition) is 2. The Hall–Kier alpha value is -1.21. The Kier molecular flexibility index (Phi) is 6.64. The molecule has 2 N–H and O–H groups in total. The maximum Gasteiger partial charge on any atom is 0.0781 e. The number of thiophene rings is 1. The maximum atomic E-state index is 5.90. The molecule has 1 unspecified atom stereocenters. The molecule has 2 aromatic heterocycles. The lowest BCUT2D eigenvalue weighted by Gasteiger charge is -2.25. The van der Waals surface area contributed by atoms with Crippen molar-refractivity contribution in [3.8, 4) is 10.6 Å². The molecule has 1 fully saturated rings. The Balaban J connectivity index is 1.78. The van der Waals surface area contributed by atoms with Crippen LogP contribution in [-0.4, -0.2) is 49.2 Å². The first-order chi connectivity index (χ1) is 12.2. The Morgan fingerprint density at radius 3 is 3.08 bits per heavy atom. The molecule has 6 heteroatoms. The highest BCUT2D eigenvalue weighted by Gasteiger charge is 2.21. The number of ether oxygens (including phenoxy) is 1. The van der Waals surface area contributed by atoms with Gasteiger partial charge in [0.15, 0.2) is 0 Å². The van der Waals surface area contributed by atoms with E-state index in [0.29, 0.717) is 12.0 Å². The van der Waals surface area contributed by atoms with Crippen LogP contribution < -0.4 is 10.6 Å². The van der Waals surface area contributed by atoms with Crippen LogP contribution in [0.3, 0.4) is 0 Å². The van der Waals surface area contributed by atoms with E-state index in [4.69, 9.17) is 4.74 Å². The van der Waals surface area contributed by atoms with Crippen LogP contribution in [0.1, 0.15) is 36.1 Å². The Morgan fingerprint density at radius 2 is 2.40 bits per heavy atom. The van der Waals surface area contributed by atoms with Crippen LogP contribution in [-0.2, 0) is 18.2 Å². The third-order valence-corrected chi connectivity index (χ3v) is 6.29. The fourth-order valence-corrected chi connectivity index (χ4v) is 4.76. The van der Waals surface area contributed by atoms with Crippen molar-refractivity contribution in [1.82, 2.24) is 20.4 Å². The number of hydrogen-bond acceptors (Lipinski definition) is 5. The molecule has 1 saturated heterocycles. The van der Waals surface area contributed by atoms with E-state index >= 15 is 0 Å². The summed E-state index contributed by atoms with van der Waals surface area (Å²) in [5.41, 5.74) is 2.67. The first-order valence-corrected chi connectivity index (χ1v) is 10.1. The molecule has 3 heterocycles. The maximum absolute atomic E-state index is 5.90. The van der Waals surface area contributed by atoms with Gasteiger partial charge in [0, 0.05) is 31.2 Å². The minimum Gasteiger partial charge on any atom is -0.376 e. The van der Waals surface area contributed by atoms with Crippen molar-refractivity contribution in [3.63, 3.8) is 0 Å². The minimum absolute atomic E-state index is 0.332. The fraction of sp³-hybridized carbons (Fsp3) is 0.632. The number of aryl methyl sites for hydroxylation is 2.